The van der Waals surface area contributed by atoms with Crippen molar-refractivity contribution in [2.24, 2.45) is 5.73 Å². The minimum atomic E-state index is -0.650. The van der Waals surface area contributed by atoms with Crippen molar-refractivity contribution in [1.29, 1.82) is 5.41 Å². The summed E-state index contributed by atoms with van der Waals surface area (Å²) in [7, 11) is 1.39. The van der Waals surface area contributed by atoms with Crippen LogP contribution in [0, 0.1) is 25.1 Å². The Morgan fingerprint density at radius 1 is 1.47 bits per heavy atom. The van der Waals surface area contributed by atoms with Gasteiger partial charge in [-0.1, -0.05) is 6.07 Å². The van der Waals surface area contributed by atoms with Gasteiger partial charge in [-0.3, -0.25) is 5.41 Å². The molecule has 0 aromatic heterocycles. The van der Waals surface area contributed by atoms with Crippen LogP contribution in [0.15, 0.2) is 12.1 Å². The van der Waals surface area contributed by atoms with Crippen LogP contribution in [0.2, 0.25) is 0 Å². The van der Waals surface area contributed by atoms with Crippen LogP contribution in [-0.4, -0.2) is 19.0 Å². The van der Waals surface area contributed by atoms with Crippen molar-refractivity contribution in [2.45, 2.75) is 13.8 Å². The number of carbonyl (C=O) groups excluding carboxylic acids is 1. The van der Waals surface area contributed by atoms with Gasteiger partial charge in [0.1, 0.15) is 5.82 Å². The predicted octanol–water partition coefficient (Wildman–Crippen LogP) is 1.48. The molecule has 0 saturated heterocycles. The number of guanidine groups is 1. The molecule has 0 atom stereocenters. The van der Waals surface area contributed by atoms with Crippen LogP contribution >= 0.6 is 0 Å². The molecule has 0 saturated carbocycles. The van der Waals surface area contributed by atoms with E-state index < -0.39 is 17.8 Å². The van der Waals surface area contributed by atoms with E-state index in [1.807, 2.05) is 0 Å². The lowest BCUT2D eigenvalue weighted by Crippen LogP contribution is -2.46. The Hall–Kier alpha value is -2.11. The number of hydrogen-bond donors (Lipinski definition) is 3. The predicted molar refractivity (Wildman–Crippen MR) is 64.7 cm³/mol. The van der Waals surface area contributed by atoms with Crippen LogP contribution in [0.3, 0.4) is 0 Å². The standard InChI is InChI=1S/C11H15FN4O/c1-6-4-7(2)9(8(12)5-6)16(10(13)14)11(17)15-3/h4-5H,1-3H3,(H3,13,14)(H,15,17). The molecule has 0 radical (unpaired) electrons. The first-order chi connectivity index (χ1) is 7.88. The largest absolute Gasteiger partial charge is 0.369 e. The van der Waals surface area contributed by atoms with Crippen LogP contribution in [0.4, 0.5) is 14.9 Å². The van der Waals surface area contributed by atoms with Crippen molar-refractivity contribution in [3.8, 4) is 0 Å². The molecular formula is C11H15FN4O. The average Bonchev–Trinajstić information content (AvgIpc) is 2.21. The van der Waals surface area contributed by atoms with Crippen molar-refractivity contribution < 1.29 is 9.18 Å². The molecule has 0 unspecified atom stereocenters. The Kier molecular flexibility index (Phi) is 3.67. The molecule has 5 nitrogen and oxygen atoms in total. The number of hydrogen-bond acceptors (Lipinski definition) is 2. The molecule has 0 heterocycles. The van der Waals surface area contributed by atoms with Gasteiger partial charge in [0.15, 0.2) is 0 Å². The quantitative estimate of drug-likeness (QED) is 0.511. The lowest BCUT2D eigenvalue weighted by atomic mass is 10.1. The van der Waals surface area contributed by atoms with Gasteiger partial charge < -0.3 is 11.1 Å². The molecule has 1 rings (SSSR count). The van der Waals surface area contributed by atoms with Gasteiger partial charge in [-0.2, -0.15) is 0 Å². The zero-order valence-electron chi connectivity index (χ0n) is 9.97. The van der Waals surface area contributed by atoms with Crippen molar-refractivity contribution in [3.05, 3.63) is 29.1 Å². The van der Waals surface area contributed by atoms with E-state index in [9.17, 15) is 9.18 Å². The lowest BCUT2D eigenvalue weighted by Gasteiger charge is -2.22. The number of carbonyl (C=O) groups is 1. The van der Waals surface area contributed by atoms with Gasteiger partial charge in [0.25, 0.3) is 0 Å². The van der Waals surface area contributed by atoms with Crippen LogP contribution in [0.25, 0.3) is 0 Å². The molecule has 17 heavy (non-hydrogen) atoms. The zero-order valence-corrected chi connectivity index (χ0v) is 9.97. The van der Waals surface area contributed by atoms with Gasteiger partial charge in [-0.15, -0.1) is 0 Å². The third-order valence-electron chi connectivity index (χ3n) is 2.28. The summed E-state index contributed by atoms with van der Waals surface area (Å²) in [5.74, 6) is -1.11. The third kappa shape index (κ3) is 2.52. The van der Waals surface area contributed by atoms with E-state index in [2.05, 4.69) is 5.32 Å². The van der Waals surface area contributed by atoms with E-state index in [1.165, 1.54) is 13.1 Å². The summed E-state index contributed by atoms with van der Waals surface area (Å²) in [6, 6.07) is 2.36. The highest BCUT2D eigenvalue weighted by Gasteiger charge is 2.23. The van der Waals surface area contributed by atoms with Gasteiger partial charge in [-0.05, 0) is 31.0 Å². The van der Waals surface area contributed by atoms with E-state index in [-0.39, 0.29) is 5.69 Å². The molecule has 0 aliphatic rings. The first-order valence-corrected chi connectivity index (χ1v) is 5.01. The summed E-state index contributed by atoms with van der Waals surface area (Å²) in [5, 5.41) is 9.66. The Balaban J connectivity index is 3.38. The normalized spacial score (nSPS) is 9.88. The second-order valence-electron chi connectivity index (χ2n) is 3.69. The monoisotopic (exact) mass is 238 g/mol. The van der Waals surface area contributed by atoms with Crippen LogP contribution in [-0.2, 0) is 0 Å². The molecule has 92 valence electrons. The van der Waals surface area contributed by atoms with Gasteiger partial charge in [-0.25, -0.2) is 14.1 Å². The molecule has 1 aromatic carbocycles. The van der Waals surface area contributed by atoms with E-state index in [0.717, 1.165) is 10.5 Å². The minimum Gasteiger partial charge on any atom is -0.369 e. The topological polar surface area (TPSA) is 82.2 Å². The summed E-state index contributed by atoms with van der Waals surface area (Å²) in [6.45, 7) is 3.40. The molecule has 6 heteroatoms. The molecule has 0 spiro atoms. The molecule has 0 bridgehead atoms. The van der Waals surface area contributed by atoms with E-state index in [1.54, 1.807) is 19.9 Å². The number of benzene rings is 1. The number of nitrogens with two attached hydrogens (primary N) is 1. The number of amides is 2. The highest BCUT2D eigenvalue weighted by atomic mass is 19.1. The Morgan fingerprint density at radius 2 is 2.06 bits per heavy atom. The Bertz CT molecular complexity index is 450. The number of nitrogens with one attached hydrogen (secondary N) is 2. The summed E-state index contributed by atoms with van der Waals surface area (Å²) in [5.41, 5.74) is 6.59. The summed E-state index contributed by atoms with van der Waals surface area (Å²) >= 11 is 0. The molecule has 1 aromatic rings. The van der Waals surface area contributed by atoms with Gasteiger partial charge >= 0.3 is 6.03 Å². The van der Waals surface area contributed by atoms with E-state index in [4.69, 9.17) is 11.1 Å². The van der Waals surface area contributed by atoms with Crippen molar-refractivity contribution >= 4 is 17.7 Å². The number of aryl methyl sites for hydroxylation is 2. The fourth-order valence-corrected chi connectivity index (χ4v) is 1.63. The SMILES string of the molecule is CNC(=O)N(C(=N)N)c1c(C)cc(C)cc1F. The van der Waals surface area contributed by atoms with Gasteiger partial charge in [0, 0.05) is 7.05 Å². The minimum absolute atomic E-state index is 0.00227. The van der Waals surface area contributed by atoms with E-state index in [0.29, 0.717) is 5.56 Å². The molecule has 0 aliphatic heterocycles. The summed E-state index contributed by atoms with van der Waals surface area (Å²) < 4.78 is 13.8. The second kappa shape index (κ2) is 4.82. The fourth-order valence-electron chi connectivity index (χ4n) is 1.63. The zero-order chi connectivity index (χ0) is 13.2. The first-order valence-electron chi connectivity index (χ1n) is 5.01. The van der Waals surface area contributed by atoms with Crippen molar-refractivity contribution in [3.63, 3.8) is 0 Å². The number of nitrogens with zero attached hydrogens (tertiary/aromatic N) is 1. The lowest BCUT2D eigenvalue weighted by molar-refractivity contribution is 0.250. The number of anilines is 1. The molecule has 4 N–H and O–H groups in total. The average molecular weight is 238 g/mol. The molecule has 2 amide bonds. The van der Waals surface area contributed by atoms with Crippen molar-refractivity contribution in [1.82, 2.24) is 5.32 Å². The Labute approximate surface area is 98.9 Å². The smallest absolute Gasteiger partial charge is 0.328 e. The summed E-state index contributed by atoms with van der Waals surface area (Å²) in [4.78, 5) is 12.4. The van der Waals surface area contributed by atoms with Crippen molar-refractivity contribution in [2.75, 3.05) is 11.9 Å². The molecule has 0 aliphatic carbocycles. The third-order valence-corrected chi connectivity index (χ3v) is 2.28. The highest BCUT2D eigenvalue weighted by Crippen LogP contribution is 2.25. The maximum atomic E-state index is 13.8. The van der Waals surface area contributed by atoms with Crippen LogP contribution in [0.5, 0.6) is 0 Å². The number of urea groups is 1. The maximum Gasteiger partial charge on any atom is 0.328 e. The second-order valence-corrected chi connectivity index (χ2v) is 3.69. The Morgan fingerprint density at radius 3 is 2.47 bits per heavy atom. The van der Waals surface area contributed by atoms with Crippen LogP contribution in [0.1, 0.15) is 11.1 Å². The number of halogens is 1. The fraction of sp³-hybridized carbons (Fsp3) is 0.273. The summed E-state index contributed by atoms with van der Waals surface area (Å²) in [6.07, 6.45) is 0. The molecular weight excluding hydrogens is 223 g/mol. The first kappa shape index (κ1) is 13.0. The van der Waals surface area contributed by atoms with Gasteiger partial charge in [0.05, 0.1) is 5.69 Å². The maximum absolute atomic E-state index is 13.8. The highest BCUT2D eigenvalue weighted by molar-refractivity contribution is 6.14. The number of rotatable bonds is 1. The van der Waals surface area contributed by atoms with E-state index >= 15 is 0 Å². The van der Waals surface area contributed by atoms with Crippen LogP contribution < -0.4 is 16.0 Å². The molecule has 0 fully saturated rings. The van der Waals surface area contributed by atoms with Gasteiger partial charge in [0.2, 0.25) is 5.96 Å².